The van der Waals surface area contributed by atoms with Crippen LogP contribution in [0.25, 0.3) is 0 Å². The zero-order chi connectivity index (χ0) is 23.0. The van der Waals surface area contributed by atoms with Crippen LogP contribution in [0.5, 0.6) is 0 Å². The number of aromatic carboxylic acids is 1. The van der Waals surface area contributed by atoms with Crippen LogP contribution in [0, 0.1) is 0 Å². The Morgan fingerprint density at radius 1 is 0.906 bits per heavy atom. The number of carbonyl (C=O) groups is 2. The van der Waals surface area contributed by atoms with Gasteiger partial charge in [-0.05, 0) is 23.8 Å². The van der Waals surface area contributed by atoms with E-state index in [0.717, 1.165) is 9.87 Å². The molecule has 8 nitrogen and oxygen atoms in total. The van der Waals surface area contributed by atoms with Gasteiger partial charge in [-0.1, -0.05) is 66.7 Å². The Bertz CT molecular complexity index is 1210. The number of nitrogens with zero attached hydrogens (tertiary/aromatic N) is 2. The zero-order valence-corrected chi connectivity index (χ0v) is 17.8. The molecule has 0 atom stereocenters. The lowest BCUT2D eigenvalue weighted by Gasteiger charge is -2.21. The number of carboxylic acids is 1. The van der Waals surface area contributed by atoms with Gasteiger partial charge in [-0.3, -0.25) is 4.79 Å². The molecule has 0 unspecified atom stereocenters. The third kappa shape index (κ3) is 5.87. The maximum absolute atomic E-state index is 13.1. The van der Waals surface area contributed by atoms with Gasteiger partial charge in [0, 0.05) is 12.1 Å². The van der Waals surface area contributed by atoms with Gasteiger partial charge in [-0.25, -0.2) is 18.6 Å². The summed E-state index contributed by atoms with van der Waals surface area (Å²) in [6, 6.07) is 23.0. The summed E-state index contributed by atoms with van der Waals surface area (Å²) in [6.07, 6.45) is 1.20. The molecule has 0 saturated heterocycles. The highest BCUT2D eigenvalue weighted by Crippen LogP contribution is 2.18. The lowest BCUT2D eigenvalue weighted by atomic mass is 10.1. The summed E-state index contributed by atoms with van der Waals surface area (Å²) >= 11 is 0. The van der Waals surface area contributed by atoms with Crippen molar-refractivity contribution in [1.29, 1.82) is 0 Å². The Balaban J connectivity index is 1.77. The molecule has 0 aliphatic rings. The fourth-order valence-corrected chi connectivity index (χ4v) is 4.33. The molecule has 2 N–H and O–H groups in total. The zero-order valence-electron chi connectivity index (χ0n) is 17.0. The van der Waals surface area contributed by atoms with Crippen LogP contribution >= 0.6 is 0 Å². The normalized spacial score (nSPS) is 11.5. The highest BCUT2D eigenvalue weighted by atomic mass is 32.2. The summed E-state index contributed by atoms with van der Waals surface area (Å²) in [5.74, 6) is -1.79. The van der Waals surface area contributed by atoms with Crippen molar-refractivity contribution in [3.8, 4) is 0 Å². The predicted molar refractivity (Wildman–Crippen MR) is 120 cm³/mol. The molecule has 0 radical (unpaired) electrons. The van der Waals surface area contributed by atoms with E-state index < -0.39 is 28.4 Å². The van der Waals surface area contributed by atoms with Crippen molar-refractivity contribution in [2.24, 2.45) is 5.10 Å². The number of amides is 1. The Kier molecular flexibility index (Phi) is 7.48. The van der Waals surface area contributed by atoms with Gasteiger partial charge < -0.3 is 5.11 Å². The van der Waals surface area contributed by atoms with E-state index in [9.17, 15) is 23.1 Å². The average Bonchev–Trinajstić information content (AvgIpc) is 2.80. The molecule has 1 amide bonds. The van der Waals surface area contributed by atoms with Crippen LogP contribution in [-0.4, -0.2) is 42.5 Å². The Hall–Kier alpha value is -3.82. The van der Waals surface area contributed by atoms with Crippen LogP contribution in [0.1, 0.15) is 21.5 Å². The summed E-state index contributed by atoms with van der Waals surface area (Å²) < 4.78 is 27.3. The Morgan fingerprint density at radius 3 is 2.16 bits per heavy atom. The molecule has 3 rings (SSSR count). The molecule has 0 saturated carbocycles. The van der Waals surface area contributed by atoms with E-state index in [0.29, 0.717) is 5.56 Å². The predicted octanol–water partition coefficient (Wildman–Crippen LogP) is 2.73. The minimum atomic E-state index is -3.95. The fraction of sp³-hybridized carbons (Fsp3) is 0.0870. The number of hydrogen-bond donors (Lipinski definition) is 2. The molecule has 0 aliphatic carbocycles. The van der Waals surface area contributed by atoms with E-state index in [1.54, 1.807) is 60.7 Å². The minimum Gasteiger partial charge on any atom is -0.478 e. The molecular formula is C23H21N3O5S. The number of nitrogens with one attached hydrogen (secondary N) is 1. The van der Waals surface area contributed by atoms with Gasteiger partial charge in [0.15, 0.2) is 0 Å². The number of carbonyl (C=O) groups excluding carboxylic acids is 1. The number of carboxylic acid groups (broad SMARTS) is 1. The first kappa shape index (κ1) is 22.9. The first-order valence-corrected chi connectivity index (χ1v) is 11.1. The molecule has 0 heterocycles. The number of hydrogen-bond acceptors (Lipinski definition) is 5. The molecule has 0 aliphatic heterocycles. The van der Waals surface area contributed by atoms with Gasteiger partial charge >= 0.3 is 5.97 Å². The second-order valence-electron chi connectivity index (χ2n) is 6.76. The van der Waals surface area contributed by atoms with E-state index in [4.69, 9.17) is 0 Å². The summed E-state index contributed by atoms with van der Waals surface area (Å²) in [4.78, 5) is 23.8. The third-order valence-corrected chi connectivity index (χ3v) is 6.29. The van der Waals surface area contributed by atoms with E-state index in [1.807, 2.05) is 6.07 Å². The molecule has 3 aromatic rings. The number of benzene rings is 3. The van der Waals surface area contributed by atoms with Crippen molar-refractivity contribution in [3.63, 3.8) is 0 Å². The molecule has 0 aromatic heterocycles. The average molecular weight is 452 g/mol. The lowest BCUT2D eigenvalue weighted by Crippen LogP contribution is -2.39. The maximum Gasteiger partial charge on any atom is 0.336 e. The van der Waals surface area contributed by atoms with Crippen LogP contribution in [0.15, 0.2) is 94.9 Å². The van der Waals surface area contributed by atoms with Gasteiger partial charge in [0.2, 0.25) is 10.0 Å². The molecule has 0 fully saturated rings. The highest BCUT2D eigenvalue weighted by molar-refractivity contribution is 7.89. The van der Waals surface area contributed by atoms with Crippen LogP contribution in [0.4, 0.5) is 0 Å². The molecule has 3 aromatic carbocycles. The van der Waals surface area contributed by atoms with E-state index in [2.05, 4.69) is 10.5 Å². The SMILES string of the molecule is O=C(CN(Cc1ccccc1)S(=O)(=O)c1ccccc1)N/N=C\c1ccccc1C(=O)O. The Labute approximate surface area is 185 Å². The summed E-state index contributed by atoms with van der Waals surface area (Å²) in [7, 11) is -3.95. The lowest BCUT2D eigenvalue weighted by molar-refractivity contribution is -0.121. The standard InChI is InChI=1S/C23H21N3O5S/c27-22(25-24-15-19-11-7-8-14-21(19)23(28)29)17-26(16-18-9-3-1-4-10-18)32(30,31)20-12-5-2-6-13-20/h1-15H,16-17H2,(H,25,27)(H,28,29)/b24-15-. The van der Waals surface area contributed by atoms with E-state index in [-0.39, 0.29) is 17.0 Å². The summed E-state index contributed by atoms with van der Waals surface area (Å²) in [5.41, 5.74) is 3.32. The first-order chi connectivity index (χ1) is 15.4. The van der Waals surface area contributed by atoms with Crippen LogP contribution in [0.3, 0.4) is 0 Å². The third-order valence-electron chi connectivity index (χ3n) is 4.49. The minimum absolute atomic E-state index is 0.00293. The van der Waals surface area contributed by atoms with Crippen LogP contribution < -0.4 is 5.43 Å². The van der Waals surface area contributed by atoms with Gasteiger partial charge in [-0.15, -0.1) is 0 Å². The van der Waals surface area contributed by atoms with E-state index >= 15 is 0 Å². The van der Waals surface area contributed by atoms with Crippen molar-refractivity contribution in [2.45, 2.75) is 11.4 Å². The van der Waals surface area contributed by atoms with E-state index in [1.165, 1.54) is 24.4 Å². The van der Waals surface area contributed by atoms with Crippen molar-refractivity contribution >= 4 is 28.1 Å². The summed E-state index contributed by atoms with van der Waals surface area (Å²) in [5, 5.41) is 13.0. The Morgan fingerprint density at radius 2 is 1.50 bits per heavy atom. The van der Waals surface area contributed by atoms with Crippen molar-refractivity contribution in [1.82, 2.24) is 9.73 Å². The molecule has 9 heteroatoms. The highest BCUT2D eigenvalue weighted by Gasteiger charge is 2.26. The van der Waals surface area contributed by atoms with Crippen molar-refractivity contribution in [3.05, 3.63) is 102 Å². The topological polar surface area (TPSA) is 116 Å². The summed E-state index contributed by atoms with van der Waals surface area (Å²) in [6.45, 7) is -0.471. The first-order valence-electron chi connectivity index (χ1n) is 9.61. The quantitative estimate of drug-likeness (QED) is 0.383. The van der Waals surface area contributed by atoms with Gasteiger partial charge in [0.25, 0.3) is 5.91 Å². The monoisotopic (exact) mass is 451 g/mol. The fourth-order valence-electron chi connectivity index (χ4n) is 2.93. The second kappa shape index (κ2) is 10.5. The van der Waals surface area contributed by atoms with Gasteiger partial charge in [-0.2, -0.15) is 9.41 Å². The molecule has 164 valence electrons. The van der Waals surface area contributed by atoms with Crippen LogP contribution in [0.2, 0.25) is 0 Å². The van der Waals surface area contributed by atoms with Gasteiger partial charge in [0.1, 0.15) is 0 Å². The maximum atomic E-state index is 13.1. The molecule has 0 spiro atoms. The van der Waals surface area contributed by atoms with Crippen molar-refractivity contribution in [2.75, 3.05) is 6.54 Å². The second-order valence-corrected chi connectivity index (χ2v) is 8.70. The molecule has 32 heavy (non-hydrogen) atoms. The number of sulfonamides is 1. The van der Waals surface area contributed by atoms with Crippen LogP contribution in [-0.2, 0) is 21.4 Å². The number of rotatable bonds is 9. The number of hydrazone groups is 1. The van der Waals surface area contributed by atoms with Gasteiger partial charge in [0.05, 0.1) is 23.2 Å². The molecular weight excluding hydrogens is 430 g/mol. The smallest absolute Gasteiger partial charge is 0.336 e. The van der Waals surface area contributed by atoms with Crippen molar-refractivity contribution < 1.29 is 23.1 Å². The molecule has 0 bridgehead atoms. The largest absolute Gasteiger partial charge is 0.478 e.